The van der Waals surface area contributed by atoms with E-state index in [0.717, 1.165) is 39.5 Å². The van der Waals surface area contributed by atoms with E-state index < -0.39 is 6.10 Å². The number of aliphatic hydroxyl groups is 1. The van der Waals surface area contributed by atoms with Crippen LogP contribution in [0.2, 0.25) is 0 Å². The number of rotatable bonds is 8. The average Bonchev–Trinajstić information content (AvgIpc) is 3.10. The molecule has 0 saturated heterocycles. The van der Waals surface area contributed by atoms with Crippen molar-refractivity contribution in [3.63, 3.8) is 0 Å². The van der Waals surface area contributed by atoms with E-state index in [1.807, 2.05) is 67.6 Å². The van der Waals surface area contributed by atoms with Crippen LogP contribution in [0.15, 0.2) is 66.7 Å². The second-order valence-electron chi connectivity index (χ2n) is 7.89. The zero-order chi connectivity index (χ0) is 21.8. The van der Waals surface area contributed by atoms with Crippen molar-refractivity contribution in [3.05, 3.63) is 89.2 Å². The van der Waals surface area contributed by atoms with Crippen LogP contribution in [0.5, 0.6) is 11.5 Å². The second-order valence-corrected chi connectivity index (χ2v) is 7.89. The van der Waals surface area contributed by atoms with Crippen LogP contribution in [-0.2, 0) is 13.0 Å². The molecule has 1 atom stereocenters. The summed E-state index contributed by atoms with van der Waals surface area (Å²) in [6.45, 7) is 4.71. The summed E-state index contributed by atoms with van der Waals surface area (Å²) in [5.41, 5.74) is 5.34. The van der Waals surface area contributed by atoms with Gasteiger partial charge in [-0.3, -0.25) is 0 Å². The van der Waals surface area contributed by atoms with Crippen molar-refractivity contribution in [2.75, 3.05) is 13.7 Å². The number of para-hydroxylation sites is 2. The molecule has 1 heterocycles. The zero-order valence-corrected chi connectivity index (χ0v) is 18.2. The molecule has 5 heteroatoms. The smallest absolute Gasteiger partial charge is 0.122 e. The molecule has 0 saturated carbocycles. The predicted molar refractivity (Wildman–Crippen MR) is 123 cm³/mol. The molecule has 3 aromatic carbocycles. The van der Waals surface area contributed by atoms with Gasteiger partial charge in [0.15, 0.2) is 0 Å². The fourth-order valence-electron chi connectivity index (χ4n) is 3.80. The number of fused-ring (bicyclic) bond motifs is 1. The van der Waals surface area contributed by atoms with Gasteiger partial charge in [0.2, 0.25) is 0 Å². The fraction of sp³-hybridized carbons (Fsp3) is 0.269. The van der Waals surface area contributed by atoms with Gasteiger partial charge in [0, 0.05) is 6.42 Å². The van der Waals surface area contributed by atoms with Gasteiger partial charge in [-0.2, -0.15) is 0 Å². The monoisotopic (exact) mass is 416 g/mol. The van der Waals surface area contributed by atoms with Gasteiger partial charge >= 0.3 is 0 Å². The van der Waals surface area contributed by atoms with Gasteiger partial charge in [0.25, 0.3) is 0 Å². The van der Waals surface area contributed by atoms with Crippen molar-refractivity contribution in [3.8, 4) is 11.5 Å². The first-order chi connectivity index (χ1) is 15.0. The van der Waals surface area contributed by atoms with Crippen molar-refractivity contribution in [2.24, 2.45) is 0 Å². The molecule has 5 nitrogen and oxygen atoms in total. The number of imidazole rings is 1. The van der Waals surface area contributed by atoms with Gasteiger partial charge in [-0.05, 0) is 55.3 Å². The lowest BCUT2D eigenvalue weighted by atomic mass is 10.1. The third kappa shape index (κ3) is 4.89. The van der Waals surface area contributed by atoms with Gasteiger partial charge in [-0.1, -0.05) is 42.0 Å². The molecular weight excluding hydrogens is 388 g/mol. The Morgan fingerprint density at radius 3 is 2.52 bits per heavy atom. The van der Waals surface area contributed by atoms with Crippen LogP contribution >= 0.6 is 0 Å². The SMILES string of the molecule is COc1ccc(Cc2nc3ccccc3n2CC(O)COc2ccc(C)cc2C)cc1. The Balaban J connectivity index is 1.53. The van der Waals surface area contributed by atoms with Crippen molar-refractivity contribution < 1.29 is 14.6 Å². The van der Waals surface area contributed by atoms with Crippen LogP contribution in [0.4, 0.5) is 0 Å². The molecule has 0 fully saturated rings. The van der Waals surface area contributed by atoms with Crippen molar-refractivity contribution >= 4 is 11.0 Å². The number of benzene rings is 3. The highest BCUT2D eigenvalue weighted by molar-refractivity contribution is 5.76. The van der Waals surface area contributed by atoms with Gasteiger partial charge in [0.1, 0.15) is 30.0 Å². The Kier molecular flexibility index (Phi) is 6.23. The molecule has 1 aromatic heterocycles. The molecule has 4 aromatic rings. The Bertz CT molecular complexity index is 1170. The highest BCUT2D eigenvalue weighted by Crippen LogP contribution is 2.22. The molecular formula is C26H28N2O3. The normalized spacial score (nSPS) is 12.1. The summed E-state index contributed by atoms with van der Waals surface area (Å²) in [6.07, 6.45) is 0.0106. The van der Waals surface area contributed by atoms with E-state index in [0.29, 0.717) is 13.0 Å². The molecule has 0 spiro atoms. The summed E-state index contributed by atoms with van der Waals surface area (Å²) >= 11 is 0. The number of ether oxygens (including phenoxy) is 2. The van der Waals surface area contributed by atoms with Gasteiger partial charge in [0.05, 0.1) is 24.7 Å². The van der Waals surface area contributed by atoms with Crippen LogP contribution < -0.4 is 9.47 Å². The van der Waals surface area contributed by atoms with Crippen LogP contribution in [0.1, 0.15) is 22.5 Å². The van der Waals surface area contributed by atoms with Gasteiger partial charge in [-0.25, -0.2) is 4.98 Å². The molecule has 160 valence electrons. The topological polar surface area (TPSA) is 56.5 Å². The summed E-state index contributed by atoms with van der Waals surface area (Å²) < 4.78 is 13.2. The number of nitrogens with zero attached hydrogens (tertiary/aromatic N) is 2. The quantitative estimate of drug-likeness (QED) is 0.453. The first-order valence-corrected chi connectivity index (χ1v) is 10.5. The zero-order valence-electron chi connectivity index (χ0n) is 18.2. The van der Waals surface area contributed by atoms with Gasteiger partial charge in [-0.15, -0.1) is 0 Å². The van der Waals surface area contributed by atoms with E-state index in [1.54, 1.807) is 7.11 Å². The lowest BCUT2D eigenvalue weighted by molar-refractivity contribution is 0.0925. The van der Waals surface area contributed by atoms with Crippen LogP contribution in [-0.4, -0.2) is 34.5 Å². The minimum Gasteiger partial charge on any atom is -0.497 e. The van der Waals surface area contributed by atoms with Crippen LogP contribution in [0, 0.1) is 13.8 Å². The molecule has 31 heavy (non-hydrogen) atoms. The Labute approximate surface area is 182 Å². The maximum atomic E-state index is 10.8. The molecule has 0 aliphatic heterocycles. The van der Waals surface area contributed by atoms with Crippen molar-refractivity contribution in [1.82, 2.24) is 9.55 Å². The third-order valence-electron chi connectivity index (χ3n) is 5.41. The molecule has 0 radical (unpaired) electrons. The number of aromatic nitrogens is 2. The Hall–Kier alpha value is -3.31. The summed E-state index contributed by atoms with van der Waals surface area (Å²) in [5, 5.41) is 10.8. The van der Waals surface area contributed by atoms with Gasteiger partial charge < -0.3 is 19.1 Å². The summed E-state index contributed by atoms with van der Waals surface area (Å²) in [5.74, 6) is 2.55. The van der Waals surface area contributed by atoms with E-state index in [2.05, 4.69) is 17.6 Å². The highest BCUT2D eigenvalue weighted by atomic mass is 16.5. The first-order valence-electron chi connectivity index (χ1n) is 10.5. The molecule has 0 aliphatic rings. The first kappa shape index (κ1) is 20.9. The third-order valence-corrected chi connectivity index (χ3v) is 5.41. The van der Waals surface area contributed by atoms with Crippen molar-refractivity contribution in [2.45, 2.75) is 32.9 Å². The minimum absolute atomic E-state index is 0.221. The van der Waals surface area contributed by atoms with E-state index in [4.69, 9.17) is 14.5 Å². The molecule has 1 unspecified atom stereocenters. The number of aryl methyl sites for hydroxylation is 2. The van der Waals surface area contributed by atoms with Crippen molar-refractivity contribution in [1.29, 1.82) is 0 Å². The number of hydrogen-bond acceptors (Lipinski definition) is 4. The largest absolute Gasteiger partial charge is 0.497 e. The van der Waals surface area contributed by atoms with E-state index in [9.17, 15) is 5.11 Å². The summed E-state index contributed by atoms with van der Waals surface area (Å²) in [4.78, 5) is 4.83. The molecule has 0 amide bonds. The number of methoxy groups -OCH3 is 1. The number of aliphatic hydroxyl groups excluding tert-OH is 1. The lowest BCUT2D eigenvalue weighted by Gasteiger charge is -2.17. The molecule has 4 rings (SSSR count). The minimum atomic E-state index is -0.659. The molecule has 0 bridgehead atoms. The standard InChI is InChI=1S/C26H28N2O3/c1-18-8-13-25(19(2)14-18)31-17-21(29)16-28-24-7-5-4-6-23(24)27-26(28)15-20-9-11-22(30-3)12-10-20/h4-14,21,29H,15-17H2,1-3H3. The van der Waals surface area contributed by atoms with E-state index in [-0.39, 0.29) is 6.61 Å². The second kappa shape index (κ2) is 9.23. The van der Waals surface area contributed by atoms with Crippen LogP contribution in [0.3, 0.4) is 0 Å². The van der Waals surface area contributed by atoms with E-state index in [1.165, 1.54) is 5.56 Å². The Morgan fingerprint density at radius 2 is 1.77 bits per heavy atom. The number of hydrogen-bond donors (Lipinski definition) is 1. The summed E-state index contributed by atoms with van der Waals surface area (Å²) in [7, 11) is 1.66. The molecule has 1 N–H and O–H groups in total. The maximum absolute atomic E-state index is 10.8. The predicted octanol–water partition coefficient (Wildman–Crippen LogP) is 4.69. The lowest BCUT2D eigenvalue weighted by Crippen LogP contribution is -2.25. The fourth-order valence-corrected chi connectivity index (χ4v) is 3.80. The highest BCUT2D eigenvalue weighted by Gasteiger charge is 2.15. The maximum Gasteiger partial charge on any atom is 0.122 e. The molecule has 0 aliphatic carbocycles. The average molecular weight is 417 g/mol. The van der Waals surface area contributed by atoms with Crippen LogP contribution in [0.25, 0.3) is 11.0 Å². The Morgan fingerprint density at radius 1 is 1.00 bits per heavy atom. The van der Waals surface area contributed by atoms with E-state index >= 15 is 0 Å². The summed E-state index contributed by atoms with van der Waals surface area (Å²) in [6, 6.07) is 22.1.